The van der Waals surface area contributed by atoms with E-state index in [-0.39, 0.29) is 5.41 Å². The average Bonchev–Trinajstić information content (AvgIpc) is 2.47. The van der Waals surface area contributed by atoms with Crippen LogP contribution in [0.1, 0.15) is 57.2 Å². The summed E-state index contributed by atoms with van der Waals surface area (Å²) >= 11 is 0. The molecule has 0 N–H and O–H groups in total. The van der Waals surface area contributed by atoms with Crippen molar-refractivity contribution in [1.29, 1.82) is 0 Å². The maximum Gasteiger partial charge on any atom is 0.119 e. The summed E-state index contributed by atoms with van der Waals surface area (Å²) in [6.07, 6.45) is 0. The smallest absolute Gasteiger partial charge is 0.119 e. The summed E-state index contributed by atoms with van der Waals surface area (Å²) in [7, 11) is 0. The SMILES string of the molecule is CCOc1ccc(C(C)c2ccc(C(C)(C)C)cc2)cc1. The Labute approximate surface area is 129 Å². The lowest BCUT2D eigenvalue weighted by Gasteiger charge is -2.20. The predicted octanol–water partition coefficient (Wildman–Crippen LogP) is 5.53. The van der Waals surface area contributed by atoms with E-state index >= 15 is 0 Å². The number of hydrogen-bond acceptors (Lipinski definition) is 1. The zero-order chi connectivity index (χ0) is 15.5. The van der Waals surface area contributed by atoms with Gasteiger partial charge in [-0.25, -0.2) is 0 Å². The van der Waals surface area contributed by atoms with Crippen LogP contribution >= 0.6 is 0 Å². The molecule has 0 heterocycles. The molecule has 0 saturated heterocycles. The van der Waals surface area contributed by atoms with Gasteiger partial charge in [-0.2, -0.15) is 0 Å². The predicted molar refractivity (Wildman–Crippen MR) is 90.3 cm³/mol. The molecule has 0 bridgehead atoms. The van der Waals surface area contributed by atoms with Gasteiger partial charge in [-0.15, -0.1) is 0 Å². The Hall–Kier alpha value is -1.76. The maximum atomic E-state index is 5.50. The molecule has 0 saturated carbocycles. The largest absolute Gasteiger partial charge is 0.494 e. The second-order valence-corrected chi connectivity index (χ2v) is 6.60. The van der Waals surface area contributed by atoms with Crippen molar-refractivity contribution in [3.8, 4) is 5.75 Å². The fourth-order valence-corrected chi connectivity index (χ4v) is 2.48. The van der Waals surface area contributed by atoms with Crippen molar-refractivity contribution in [2.24, 2.45) is 0 Å². The zero-order valence-corrected chi connectivity index (χ0v) is 13.8. The molecule has 0 aromatic heterocycles. The second kappa shape index (κ2) is 6.34. The van der Waals surface area contributed by atoms with E-state index in [9.17, 15) is 0 Å². The first-order valence-electron chi connectivity index (χ1n) is 7.75. The lowest BCUT2D eigenvalue weighted by atomic mass is 9.85. The first-order chi connectivity index (χ1) is 9.91. The van der Waals surface area contributed by atoms with E-state index in [2.05, 4.69) is 76.2 Å². The Balaban J connectivity index is 2.17. The summed E-state index contributed by atoms with van der Waals surface area (Å²) in [6, 6.07) is 17.4. The van der Waals surface area contributed by atoms with E-state index in [4.69, 9.17) is 4.74 Å². The molecule has 0 aliphatic carbocycles. The van der Waals surface area contributed by atoms with Crippen molar-refractivity contribution in [2.75, 3.05) is 6.61 Å². The quantitative estimate of drug-likeness (QED) is 0.716. The summed E-state index contributed by atoms with van der Waals surface area (Å²) < 4.78 is 5.50. The van der Waals surface area contributed by atoms with E-state index in [1.165, 1.54) is 16.7 Å². The third-order valence-corrected chi connectivity index (χ3v) is 3.97. The van der Waals surface area contributed by atoms with E-state index in [1.54, 1.807) is 0 Å². The Morgan fingerprint density at radius 1 is 0.857 bits per heavy atom. The summed E-state index contributed by atoms with van der Waals surface area (Å²) in [5.41, 5.74) is 4.26. The van der Waals surface area contributed by atoms with E-state index in [0.29, 0.717) is 12.5 Å². The maximum absolute atomic E-state index is 5.50. The highest BCUT2D eigenvalue weighted by atomic mass is 16.5. The Morgan fingerprint density at radius 3 is 1.76 bits per heavy atom. The average molecular weight is 282 g/mol. The van der Waals surface area contributed by atoms with Gasteiger partial charge in [0.1, 0.15) is 5.75 Å². The lowest BCUT2D eigenvalue weighted by molar-refractivity contribution is 0.340. The Morgan fingerprint density at radius 2 is 1.33 bits per heavy atom. The molecule has 2 aromatic carbocycles. The van der Waals surface area contributed by atoms with Gasteiger partial charge in [0.25, 0.3) is 0 Å². The van der Waals surface area contributed by atoms with Crippen molar-refractivity contribution in [3.63, 3.8) is 0 Å². The van der Waals surface area contributed by atoms with Crippen LogP contribution in [-0.4, -0.2) is 6.61 Å². The molecule has 0 spiro atoms. The third kappa shape index (κ3) is 3.87. The summed E-state index contributed by atoms with van der Waals surface area (Å²) in [5.74, 6) is 1.34. The van der Waals surface area contributed by atoms with Gasteiger partial charge in [-0.05, 0) is 41.2 Å². The van der Waals surface area contributed by atoms with E-state index < -0.39 is 0 Å². The van der Waals surface area contributed by atoms with Crippen LogP contribution in [0, 0.1) is 0 Å². The zero-order valence-electron chi connectivity index (χ0n) is 13.8. The van der Waals surface area contributed by atoms with Crippen molar-refractivity contribution in [1.82, 2.24) is 0 Å². The van der Waals surface area contributed by atoms with Crippen LogP contribution in [0.2, 0.25) is 0 Å². The summed E-state index contributed by atoms with van der Waals surface area (Å²) in [6.45, 7) is 11.7. The minimum absolute atomic E-state index is 0.209. The Kier molecular flexibility index (Phi) is 4.72. The molecule has 1 unspecified atom stereocenters. The van der Waals surface area contributed by atoms with Crippen LogP contribution in [0.4, 0.5) is 0 Å². The summed E-state index contributed by atoms with van der Waals surface area (Å²) in [4.78, 5) is 0. The van der Waals surface area contributed by atoms with Crippen molar-refractivity contribution in [2.45, 2.75) is 46.0 Å². The van der Waals surface area contributed by atoms with Crippen LogP contribution in [0.15, 0.2) is 48.5 Å². The minimum atomic E-state index is 0.209. The molecule has 0 aliphatic heterocycles. The highest BCUT2D eigenvalue weighted by molar-refractivity contribution is 5.37. The van der Waals surface area contributed by atoms with Gasteiger partial charge < -0.3 is 4.74 Å². The molecular weight excluding hydrogens is 256 g/mol. The molecule has 0 radical (unpaired) electrons. The van der Waals surface area contributed by atoms with Gasteiger partial charge >= 0.3 is 0 Å². The van der Waals surface area contributed by atoms with Gasteiger partial charge in [0.05, 0.1) is 6.61 Å². The van der Waals surface area contributed by atoms with Crippen LogP contribution in [-0.2, 0) is 5.41 Å². The molecule has 1 nitrogen and oxygen atoms in total. The molecule has 0 amide bonds. The fraction of sp³-hybridized carbons (Fsp3) is 0.400. The van der Waals surface area contributed by atoms with E-state index in [1.807, 2.05) is 6.92 Å². The van der Waals surface area contributed by atoms with Gasteiger partial charge in [-0.3, -0.25) is 0 Å². The van der Waals surface area contributed by atoms with Crippen LogP contribution in [0.25, 0.3) is 0 Å². The van der Waals surface area contributed by atoms with Crippen LogP contribution in [0.5, 0.6) is 5.75 Å². The van der Waals surface area contributed by atoms with E-state index in [0.717, 1.165) is 5.75 Å². The second-order valence-electron chi connectivity index (χ2n) is 6.60. The molecule has 0 fully saturated rings. The van der Waals surface area contributed by atoms with Crippen molar-refractivity contribution >= 4 is 0 Å². The van der Waals surface area contributed by atoms with Crippen LogP contribution < -0.4 is 4.74 Å². The monoisotopic (exact) mass is 282 g/mol. The highest BCUT2D eigenvalue weighted by Gasteiger charge is 2.14. The van der Waals surface area contributed by atoms with Crippen LogP contribution in [0.3, 0.4) is 0 Å². The molecule has 1 atom stereocenters. The molecule has 21 heavy (non-hydrogen) atoms. The Bertz CT molecular complexity index is 558. The molecule has 2 rings (SSSR count). The minimum Gasteiger partial charge on any atom is -0.494 e. The molecule has 1 heteroatoms. The number of hydrogen-bond donors (Lipinski definition) is 0. The van der Waals surface area contributed by atoms with Gasteiger partial charge in [0, 0.05) is 5.92 Å². The first-order valence-corrected chi connectivity index (χ1v) is 7.75. The number of rotatable bonds is 4. The number of benzene rings is 2. The topological polar surface area (TPSA) is 9.23 Å². The van der Waals surface area contributed by atoms with Crippen molar-refractivity contribution in [3.05, 3.63) is 65.2 Å². The van der Waals surface area contributed by atoms with Gasteiger partial charge in [0.2, 0.25) is 0 Å². The standard InChI is InChI=1S/C20H26O/c1-6-21-19-13-9-17(10-14-19)15(2)16-7-11-18(12-8-16)20(3,4)5/h7-15H,6H2,1-5H3. The molecular formula is C20H26O. The highest BCUT2D eigenvalue weighted by Crippen LogP contribution is 2.28. The fourth-order valence-electron chi connectivity index (χ4n) is 2.48. The lowest BCUT2D eigenvalue weighted by Crippen LogP contribution is -2.11. The number of ether oxygens (including phenoxy) is 1. The van der Waals surface area contributed by atoms with Crippen molar-refractivity contribution < 1.29 is 4.74 Å². The van der Waals surface area contributed by atoms with Gasteiger partial charge in [0.15, 0.2) is 0 Å². The molecule has 112 valence electrons. The molecule has 0 aliphatic rings. The third-order valence-electron chi connectivity index (χ3n) is 3.97. The first kappa shape index (κ1) is 15.6. The normalized spacial score (nSPS) is 13.0. The molecule has 2 aromatic rings. The van der Waals surface area contributed by atoms with Gasteiger partial charge in [-0.1, -0.05) is 64.1 Å². The summed E-state index contributed by atoms with van der Waals surface area (Å²) in [5, 5.41) is 0.